The molecule has 0 saturated heterocycles. The van der Waals surface area contributed by atoms with Gasteiger partial charge in [0.25, 0.3) is 0 Å². The minimum absolute atomic E-state index is 0.0154. The number of carbonyl (C=O) groups excluding carboxylic acids is 1. The van der Waals surface area contributed by atoms with Gasteiger partial charge in [-0.2, -0.15) is 5.26 Å². The molecule has 2 unspecified atom stereocenters. The predicted molar refractivity (Wildman–Crippen MR) is 135 cm³/mol. The van der Waals surface area contributed by atoms with E-state index in [-0.39, 0.29) is 24.4 Å². The van der Waals surface area contributed by atoms with Gasteiger partial charge >= 0.3 is 5.97 Å². The third-order valence-corrected chi connectivity index (χ3v) is 5.94. The smallest absolute Gasteiger partial charge is 0.309 e. The molecule has 3 aromatic rings. The van der Waals surface area contributed by atoms with Crippen LogP contribution in [-0.4, -0.2) is 32.0 Å². The third-order valence-electron chi connectivity index (χ3n) is 5.94. The molecule has 184 valence electrons. The maximum Gasteiger partial charge on any atom is 0.309 e. The number of ether oxygens (including phenoxy) is 3. The van der Waals surface area contributed by atoms with Crippen LogP contribution in [0, 0.1) is 17.2 Å². The van der Waals surface area contributed by atoms with E-state index in [2.05, 4.69) is 11.2 Å². The Labute approximate surface area is 210 Å². The van der Waals surface area contributed by atoms with Gasteiger partial charge in [0.05, 0.1) is 24.2 Å². The van der Waals surface area contributed by atoms with E-state index < -0.39 is 0 Å². The molecule has 0 radical (unpaired) electrons. The van der Waals surface area contributed by atoms with Crippen LogP contribution in [0.15, 0.2) is 78.0 Å². The highest BCUT2D eigenvalue weighted by atomic mass is 16.6. The summed E-state index contributed by atoms with van der Waals surface area (Å²) in [5.41, 5.74) is 4.17. The Bertz CT molecular complexity index is 1230. The summed E-state index contributed by atoms with van der Waals surface area (Å²) >= 11 is 0. The average Bonchev–Trinajstić information content (AvgIpc) is 3.72. The Morgan fingerprint density at radius 3 is 2.28 bits per heavy atom. The summed E-state index contributed by atoms with van der Waals surface area (Å²) in [6.07, 6.45) is 0.847. The Balaban J connectivity index is 1.26. The molecule has 0 heterocycles. The molecular formula is C29H28N2O5. The van der Waals surface area contributed by atoms with Crippen molar-refractivity contribution in [1.29, 1.82) is 5.26 Å². The van der Waals surface area contributed by atoms with Gasteiger partial charge in [0.1, 0.15) is 37.5 Å². The number of hydrogen-bond acceptors (Lipinski definition) is 7. The number of carbonyl (C=O) groups is 1. The molecule has 1 saturated carbocycles. The maximum atomic E-state index is 11.9. The molecule has 7 heteroatoms. The Kier molecular flexibility index (Phi) is 8.20. The maximum absolute atomic E-state index is 11.9. The van der Waals surface area contributed by atoms with Crippen molar-refractivity contribution in [2.24, 2.45) is 11.1 Å². The number of esters is 1. The van der Waals surface area contributed by atoms with E-state index in [9.17, 15) is 4.79 Å². The lowest BCUT2D eigenvalue weighted by Crippen LogP contribution is -2.13. The number of benzene rings is 3. The first-order valence-corrected chi connectivity index (χ1v) is 11.8. The van der Waals surface area contributed by atoms with Gasteiger partial charge in [-0.1, -0.05) is 41.6 Å². The van der Waals surface area contributed by atoms with Crippen LogP contribution < -0.4 is 9.47 Å². The minimum Gasteiger partial charge on any atom is -0.489 e. The Morgan fingerprint density at radius 2 is 1.64 bits per heavy atom. The molecule has 7 nitrogen and oxygen atoms in total. The van der Waals surface area contributed by atoms with Gasteiger partial charge in [-0.15, -0.1) is 0 Å². The van der Waals surface area contributed by atoms with Crippen molar-refractivity contribution in [3.8, 4) is 17.6 Å². The molecule has 1 aliphatic carbocycles. The molecular weight excluding hydrogens is 456 g/mol. The van der Waals surface area contributed by atoms with Gasteiger partial charge in [-0.3, -0.25) is 4.79 Å². The number of nitriles is 1. The highest BCUT2D eigenvalue weighted by Crippen LogP contribution is 2.48. The van der Waals surface area contributed by atoms with E-state index >= 15 is 0 Å². The van der Waals surface area contributed by atoms with Crippen molar-refractivity contribution in [2.45, 2.75) is 25.9 Å². The van der Waals surface area contributed by atoms with Gasteiger partial charge in [0.15, 0.2) is 0 Å². The lowest BCUT2D eigenvalue weighted by Gasteiger charge is -2.10. The quantitative estimate of drug-likeness (QED) is 0.210. The zero-order chi connectivity index (χ0) is 25.3. The predicted octanol–water partition coefficient (Wildman–Crippen LogP) is 5.23. The first-order chi connectivity index (χ1) is 17.6. The molecule has 3 aromatic carbocycles. The first kappa shape index (κ1) is 24.8. The van der Waals surface area contributed by atoms with Crippen molar-refractivity contribution >= 4 is 11.7 Å². The van der Waals surface area contributed by atoms with Crippen molar-refractivity contribution in [1.82, 2.24) is 0 Å². The highest BCUT2D eigenvalue weighted by Gasteiger charge is 2.45. The number of rotatable bonds is 11. The van der Waals surface area contributed by atoms with E-state index in [4.69, 9.17) is 24.3 Å². The van der Waals surface area contributed by atoms with E-state index in [1.165, 1.54) is 7.11 Å². The van der Waals surface area contributed by atoms with E-state index in [1.54, 1.807) is 12.1 Å². The fraction of sp³-hybridized carbons (Fsp3) is 0.276. The van der Waals surface area contributed by atoms with E-state index in [0.29, 0.717) is 30.2 Å². The van der Waals surface area contributed by atoms with Crippen LogP contribution in [-0.2, 0) is 21.0 Å². The van der Waals surface area contributed by atoms with Gasteiger partial charge in [0.2, 0.25) is 0 Å². The van der Waals surface area contributed by atoms with Crippen molar-refractivity contribution < 1.29 is 23.8 Å². The molecule has 0 bridgehead atoms. The molecule has 0 spiro atoms. The molecule has 1 fully saturated rings. The van der Waals surface area contributed by atoms with Gasteiger partial charge in [0, 0.05) is 5.56 Å². The Morgan fingerprint density at radius 1 is 0.972 bits per heavy atom. The van der Waals surface area contributed by atoms with E-state index in [0.717, 1.165) is 28.9 Å². The largest absolute Gasteiger partial charge is 0.489 e. The van der Waals surface area contributed by atoms with Crippen LogP contribution in [0.2, 0.25) is 0 Å². The lowest BCUT2D eigenvalue weighted by atomic mass is 10.1. The second-order valence-electron chi connectivity index (χ2n) is 8.40. The molecule has 1 aliphatic rings. The standard InChI is InChI=1S/C29H28N2O5/c1-3-34-29(32)27-16-26(27)22-10-14-25(15-11-22)35-18-21-6-12-24(13-7-21)36-19-28(31-33-2)23-8-4-20(17-30)5-9-23/h4-15,26-27H,3,16,18-19H2,1-2H3/b31-28+. The fourth-order valence-corrected chi connectivity index (χ4v) is 3.89. The average molecular weight is 485 g/mol. The van der Waals surface area contributed by atoms with Crippen molar-refractivity contribution in [3.05, 3.63) is 95.1 Å². The summed E-state index contributed by atoms with van der Waals surface area (Å²) in [6, 6.07) is 24.8. The molecule has 0 amide bonds. The topological polar surface area (TPSA) is 90.1 Å². The van der Waals surface area contributed by atoms with Crippen LogP contribution in [0.25, 0.3) is 0 Å². The number of oxime groups is 1. The van der Waals surface area contributed by atoms with Crippen molar-refractivity contribution in [2.75, 3.05) is 20.3 Å². The normalized spacial score (nSPS) is 16.5. The number of hydrogen-bond donors (Lipinski definition) is 0. The molecule has 36 heavy (non-hydrogen) atoms. The second-order valence-corrected chi connectivity index (χ2v) is 8.40. The highest BCUT2D eigenvalue weighted by molar-refractivity contribution is 6.01. The summed E-state index contributed by atoms with van der Waals surface area (Å²) in [5.74, 6) is 1.60. The minimum atomic E-state index is -0.105. The molecule has 0 aliphatic heterocycles. The number of nitrogens with zero attached hydrogens (tertiary/aromatic N) is 2. The molecule has 4 rings (SSSR count). The van der Waals surface area contributed by atoms with E-state index in [1.807, 2.05) is 67.6 Å². The monoisotopic (exact) mass is 484 g/mol. The van der Waals surface area contributed by atoms with Crippen molar-refractivity contribution in [3.63, 3.8) is 0 Å². The Hall–Kier alpha value is -4.31. The molecule has 2 atom stereocenters. The molecule has 0 aromatic heterocycles. The summed E-state index contributed by atoms with van der Waals surface area (Å²) in [7, 11) is 1.48. The first-order valence-electron chi connectivity index (χ1n) is 11.8. The van der Waals surface area contributed by atoms with Gasteiger partial charge < -0.3 is 19.0 Å². The van der Waals surface area contributed by atoms with Crippen LogP contribution in [0.1, 0.15) is 41.5 Å². The fourth-order valence-electron chi connectivity index (χ4n) is 3.89. The second kappa shape index (κ2) is 11.9. The van der Waals surface area contributed by atoms with Crippen LogP contribution in [0.4, 0.5) is 0 Å². The summed E-state index contributed by atoms with van der Waals surface area (Å²) < 4.78 is 16.9. The van der Waals surface area contributed by atoms with Crippen LogP contribution in [0.5, 0.6) is 11.5 Å². The summed E-state index contributed by atoms with van der Waals surface area (Å²) in [5, 5.41) is 13.0. The summed E-state index contributed by atoms with van der Waals surface area (Å²) in [4.78, 5) is 16.8. The third kappa shape index (κ3) is 6.42. The SMILES string of the molecule is CCOC(=O)C1CC1c1ccc(OCc2ccc(OC/C(=N\OC)c3ccc(C#N)cc3)cc2)cc1. The summed E-state index contributed by atoms with van der Waals surface area (Å²) in [6.45, 7) is 2.90. The van der Waals surface area contributed by atoms with Crippen LogP contribution >= 0.6 is 0 Å². The lowest BCUT2D eigenvalue weighted by molar-refractivity contribution is -0.144. The molecule has 0 N–H and O–H groups in total. The van der Waals surface area contributed by atoms with Gasteiger partial charge in [-0.05, 0) is 66.8 Å². The van der Waals surface area contributed by atoms with Crippen LogP contribution in [0.3, 0.4) is 0 Å². The zero-order valence-corrected chi connectivity index (χ0v) is 20.3. The van der Waals surface area contributed by atoms with Gasteiger partial charge in [-0.25, -0.2) is 0 Å². The zero-order valence-electron chi connectivity index (χ0n) is 20.3.